The molecule has 0 aromatic heterocycles. The molecule has 0 aliphatic rings. The number of aliphatic hydroxyl groups is 1. The Kier molecular flexibility index (Phi) is 69.1. The van der Waals surface area contributed by atoms with Crippen LogP contribution in [-0.4, -0.2) is 96.7 Å². The van der Waals surface area contributed by atoms with E-state index in [2.05, 4.69) is 149 Å². The van der Waals surface area contributed by atoms with Crippen molar-refractivity contribution in [3.05, 3.63) is 134 Å². The van der Waals surface area contributed by atoms with Gasteiger partial charge in [-0.15, -0.1) is 0 Å². The van der Waals surface area contributed by atoms with Crippen molar-refractivity contribution in [1.29, 1.82) is 0 Å². The van der Waals surface area contributed by atoms with E-state index < -0.39 is 97.5 Å². The van der Waals surface area contributed by atoms with Crippen molar-refractivity contribution in [2.45, 2.75) is 316 Å². The van der Waals surface area contributed by atoms with Crippen molar-refractivity contribution in [2.24, 2.45) is 0 Å². The van der Waals surface area contributed by atoms with Gasteiger partial charge in [-0.2, -0.15) is 0 Å². The summed E-state index contributed by atoms with van der Waals surface area (Å²) in [7, 11) is -9.98. The highest BCUT2D eigenvalue weighted by molar-refractivity contribution is 7.47. The van der Waals surface area contributed by atoms with Gasteiger partial charge < -0.3 is 33.8 Å². The lowest BCUT2D eigenvalue weighted by molar-refractivity contribution is -0.161. The summed E-state index contributed by atoms with van der Waals surface area (Å²) in [6.45, 7) is 4.47. The summed E-state index contributed by atoms with van der Waals surface area (Å²) < 4.78 is 68.4. The Balaban J connectivity index is 5.40. The van der Waals surface area contributed by atoms with Crippen molar-refractivity contribution < 1.29 is 80.2 Å². The fourth-order valence-corrected chi connectivity index (χ4v) is 11.4. The van der Waals surface area contributed by atoms with Crippen LogP contribution in [0.1, 0.15) is 297 Å². The number of allylic oxidation sites excluding steroid dienone is 22. The van der Waals surface area contributed by atoms with Gasteiger partial charge in [-0.3, -0.25) is 37.3 Å². The first kappa shape index (κ1) is 95.2. The Morgan fingerprint density at radius 1 is 0.290 bits per heavy atom. The number of phosphoric acid groups is 2. The molecule has 0 aliphatic carbocycles. The molecule has 100 heavy (non-hydrogen) atoms. The topological polar surface area (TPSA) is 237 Å². The molecule has 17 nitrogen and oxygen atoms in total. The number of carbonyl (C=O) groups excluding carboxylic acids is 4. The summed E-state index contributed by atoms with van der Waals surface area (Å²) >= 11 is 0. The van der Waals surface area contributed by atoms with Crippen LogP contribution in [0.5, 0.6) is 0 Å². The second-order valence-electron chi connectivity index (χ2n) is 25.2. The molecule has 3 N–H and O–H groups in total. The number of carbonyl (C=O) groups is 4. The monoisotopic (exact) mass is 1440 g/mol. The zero-order valence-corrected chi connectivity index (χ0v) is 64.1. The average Bonchev–Trinajstić information content (AvgIpc) is 1.05. The molecule has 0 fully saturated rings. The molecule has 572 valence electrons. The Morgan fingerprint density at radius 2 is 0.550 bits per heavy atom. The molecule has 5 unspecified atom stereocenters. The Morgan fingerprint density at radius 3 is 0.880 bits per heavy atom. The SMILES string of the molecule is CC/C=C\C/C=C\C/C=C\C/C=C\C/C=C\CCCC(=O)OC(COC(=O)CCCCCCCC/C=C\C/C=C\C/C=C\C/C=C\CC)COP(=O)(O)OCC(O)COP(=O)(O)OCC(COC(=O)CCCCCCC/C=C\C/C=C\CCC)OC(=O)CCCCCCCCCCCCC. The summed E-state index contributed by atoms with van der Waals surface area (Å²) in [5, 5.41) is 10.6. The van der Waals surface area contributed by atoms with Gasteiger partial charge in [0.25, 0.3) is 0 Å². The summed E-state index contributed by atoms with van der Waals surface area (Å²) in [5.74, 6) is -2.27. The molecule has 19 heteroatoms. The first-order valence-corrected chi connectivity index (χ1v) is 41.4. The van der Waals surface area contributed by atoms with E-state index in [9.17, 15) is 43.2 Å². The third-order valence-electron chi connectivity index (χ3n) is 15.6. The number of hydrogen-bond acceptors (Lipinski definition) is 15. The lowest BCUT2D eigenvalue weighted by Gasteiger charge is -2.21. The zero-order valence-electron chi connectivity index (χ0n) is 62.3. The zero-order chi connectivity index (χ0) is 73.2. The van der Waals surface area contributed by atoms with Crippen LogP contribution >= 0.6 is 15.6 Å². The fourth-order valence-electron chi connectivity index (χ4n) is 9.81. The quantitative estimate of drug-likeness (QED) is 0.0169. The maximum atomic E-state index is 13.1. The molecule has 0 saturated carbocycles. The molecule has 0 amide bonds. The predicted molar refractivity (Wildman–Crippen MR) is 408 cm³/mol. The molecule has 0 bridgehead atoms. The third kappa shape index (κ3) is 71.6. The van der Waals surface area contributed by atoms with Gasteiger partial charge in [0.2, 0.25) is 0 Å². The number of ether oxygens (including phenoxy) is 4. The van der Waals surface area contributed by atoms with Crippen molar-refractivity contribution in [2.75, 3.05) is 39.6 Å². The molecular weight excluding hydrogens is 1310 g/mol. The van der Waals surface area contributed by atoms with E-state index in [1.165, 1.54) is 38.5 Å². The van der Waals surface area contributed by atoms with Gasteiger partial charge in [-0.25, -0.2) is 9.13 Å². The van der Waals surface area contributed by atoms with Crippen molar-refractivity contribution in [1.82, 2.24) is 0 Å². The van der Waals surface area contributed by atoms with Crippen molar-refractivity contribution in [3.63, 3.8) is 0 Å². The summed E-state index contributed by atoms with van der Waals surface area (Å²) in [6, 6.07) is 0. The Bertz CT molecular complexity index is 2420. The van der Waals surface area contributed by atoms with E-state index in [1.807, 2.05) is 12.2 Å². The highest BCUT2D eigenvalue weighted by Gasteiger charge is 2.30. The predicted octanol–water partition coefficient (Wildman–Crippen LogP) is 22.1. The first-order valence-electron chi connectivity index (χ1n) is 38.4. The van der Waals surface area contributed by atoms with Crippen LogP contribution in [0.15, 0.2) is 134 Å². The fraction of sp³-hybridized carbons (Fsp3) is 0.679. The minimum absolute atomic E-state index is 0.00990. The molecule has 5 atom stereocenters. The smallest absolute Gasteiger partial charge is 0.462 e. The number of unbranched alkanes of at least 4 members (excludes halogenated alkanes) is 23. The van der Waals surface area contributed by atoms with Crippen LogP contribution in [0.25, 0.3) is 0 Å². The molecule has 0 aromatic carbocycles. The Hall–Kier alpha value is -4.80. The van der Waals surface area contributed by atoms with Crippen LogP contribution in [0.2, 0.25) is 0 Å². The third-order valence-corrected chi connectivity index (χ3v) is 17.5. The van der Waals surface area contributed by atoms with Crippen molar-refractivity contribution in [3.8, 4) is 0 Å². The van der Waals surface area contributed by atoms with Crippen molar-refractivity contribution >= 4 is 39.5 Å². The standard InChI is InChI=1S/C81H136O17P2/c1-5-9-13-17-21-25-29-32-34-36-37-39-40-43-47-50-54-58-62-66-79(84)92-72-77(98-81(86)68-64-60-56-52-48-44-41-38-35-33-30-26-22-18-14-10-6-2)74-96-100(89,90)94-70-75(82)69-93-99(87,88)95-73-76(97-80(85)67-63-59-55-51-45-28-24-20-16-12-8-4)71-91-78(83)65-61-57-53-49-46-42-31-27-23-19-15-11-7-3/h9-10,13-15,19,21-22,25-27,31-35,37,39,41,44,52,56,75-77,82H,5-8,11-12,16-18,20,23-24,28-30,36,38,40,42-43,45-51,53-55,57-74H2,1-4H3,(H,87,88)(H,89,90)/b13-9-,14-10-,19-15-,25-21-,26-22-,31-27-,34-32-,35-33-,39-37-,44-41-,56-52-. The number of phosphoric ester groups is 2. The van der Waals surface area contributed by atoms with E-state index >= 15 is 0 Å². The van der Waals surface area contributed by atoms with E-state index in [1.54, 1.807) is 0 Å². The molecule has 0 rings (SSSR count). The van der Waals surface area contributed by atoms with Crippen LogP contribution in [-0.2, 0) is 65.4 Å². The largest absolute Gasteiger partial charge is 0.472 e. The molecule has 0 heterocycles. The van der Waals surface area contributed by atoms with Crippen LogP contribution in [0.3, 0.4) is 0 Å². The highest BCUT2D eigenvalue weighted by Crippen LogP contribution is 2.45. The van der Waals surface area contributed by atoms with Gasteiger partial charge in [0, 0.05) is 25.7 Å². The van der Waals surface area contributed by atoms with E-state index in [-0.39, 0.29) is 25.7 Å². The molecular formula is C81H136O17P2. The van der Waals surface area contributed by atoms with E-state index in [0.717, 1.165) is 173 Å². The maximum absolute atomic E-state index is 13.1. The lowest BCUT2D eigenvalue weighted by Crippen LogP contribution is -2.30. The molecule has 0 aliphatic heterocycles. The van der Waals surface area contributed by atoms with Crippen LogP contribution in [0, 0.1) is 0 Å². The minimum atomic E-state index is -5.00. The molecule has 0 aromatic rings. The first-order chi connectivity index (χ1) is 48.7. The normalized spacial score (nSPS) is 14.7. The van der Waals surface area contributed by atoms with Gasteiger partial charge >= 0.3 is 39.5 Å². The summed E-state index contributed by atoms with van der Waals surface area (Å²) in [5.41, 5.74) is 0. The van der Waals surface area contributed by atoms with E-state index in [4.69, 9.17) is 37.0 Å². The number of rotatable bonds is 71. The summed E-state index contributed by atoms with van der Waals surface area (Å²) in [4.78, 5) is 72.8. The van der Waals surface area contributed by atoms with Gasteiger partial charge in [0.1, 0.15) is 19.3 Å². The van der Waals surface area contributed by atoms with Gasteiger partial charge in [-0.1, -0.05) is 277 Å². The van der Waals surface area contributed by atoms with Crippen LogP contribution in [0.4, 0.5) is 0 Å². The molecule has 0 radical (unpaired) electrons. The molecule has 0 spiro atoms. The van der Waals surface area contributed by atoms with Gasteiger partial charge in [0.15, 0.2) is 12.2 Å². The number of aliphatic hydroxyl groups excluding tert-OH is 1. The second kappa shape index (κ2) is 72.5. The Labute approximate surface area is 605 Å². The number of hydrogen-bond donors (Lipinski definition) is 3. The molecule has 0 saturated heterocycles. The average molecular weight is 1440 g/mol. The lowest BCUT2D eigenvalue weighted by atomic mass is 10.1. The minimum Gasteiger partial charge on any atom is -0.462 e. The van der Waals surface area contributed by atoms with Crippen LogP contribution < -0.4 is 0 Å². The number of esters is 4. The highest BCUT2D eigenvalue weighted by atomic mass is 31.2. The second-order valence-corrected chi connectivity index (χ2v) is 28.1. The van der Waals surface area contributed by atoms with Gasteiger partial charge in [0.05, 0.1) is 26.4 Å². The van der Waals surface area contributed by atoms with Gasteiger partial charge in [-0.05, 0) is 128 Å². The summed E-state index contributed by atoms with van der Waals surface area (Å²) in [6.07, 6.45) is 80.2. The van der Waals surface area contributed by atoms with E-state index in [0.29, 0.717) is 32.1 Å². The maximum Gasteiger partial charge on any atom is 0.472 e.